The number of aryl methyl sites for hydroxylation is 2. The van der Waals surface area contributed by atoms with Gasteiger partial charge in [0.15, 0.2) is 0 Å². The molecule has 0 aliphatic heterocycles. The van der Waals surface area contributed by atoms with Gasteiger partial charge >= 0.3 is 0 Å². The maximum absolute atomic E-state index is 3.52. The van der Waals surface area contributed by atoms with Crippen molar-refractivity contribution in [2.24, 2.45) is 5.92 Å². The predicted molar refractivity (Wildman–Crippen MR) is 85.1 cm³/mol. The van der Waals surface area contributed by atoms with Gasteiger partial charge in [-0.3, -0.25) is 0 Å². The maximum atomic E-state index is 3.52. The summed E-state index contributed by atoms with van der Waals surface area (Å²) in [5, 5.41) is 3.52. The third-order valence-electron chi connectivity index (χ3n) is 4.64. The van der Waals surface area contributed by atoms with Gasteiger partial charge in [0.25, 0.3) is 0 Å². The normalized spacial score (nSPS) is 20.9. The molecule has 3 rings (SSSR count). The standard InChI is InChI=1S/C19H23N/c1-13-8-9-14(2)16(10-13)12-17-11-15-6-4-5-7-18(15)19(17)20-3/h4-10,17,19-20H,11-12H2,1-3H3. The van der Waals surface area contributed by atoms with Crippen molar-refractivity contribution in [3.8, 4) is 0 Å². The molecular formula is C19H23N. The lowest BCUT2D eigenvalue weighted by Crippen LogP contribution is -2.23. The Balaban J connectivity index is 1.87. The lowest BCUT2D eigenvalue weighted by atomic mass is 9.90. The maximum Gasteiger partial charge on any atom is 0.0355 e. The lowest BCUT2D eigenvalue weighted by Gasteiger charge is -2.21. The number of rotatable bonds is 3. The van der Waals surface area contributed by atoms with Gasteiger partial charge in [0.1, 0.15) is 0 Å². The second-order valence-electron chi connectivity index (χ2n) is 6.06. The van der Waals surface area contributed by atoms with Crippen molar-refractivity contribution in [3.05, 3.63) is 70.3 Å². The molecule has 2 aromatic carbocycles. The summed E-state index contributed by atoms with van der Waals surface area (Å²) >= 11 is 0. The lowest BCUT2D eigenvalue weighted by molar-refractivity contribution is 0.410. The molecule has 1 aliphatic rings. The first-order valence-corrected chi connectivity index (χ1v) is 7.50. The van der Waals surface area contributed by atoms with Crippen molar-refractivity contribution in [2.45, 2.75) is 32.7 Å². The summed E-state index contributed by atoms with van der Waals surface area (Å²) in [7, 11) is 2.09. The fourth-order valence-electron chi connectivity index (χ4n) is 3.56. The monoisotopic (exact) mass is 265 g/mol. The van der Waals surface area contributed by atoms with Crippen molar-refractivity contribution in [2.75, 3.05) is 7.05 Å². The highest BCUT2D eigenvalue weighted by Gasteiger charge is 2.31. The highest BCUT2D eigenvalue weighted by atomic mass is 14.9. The van der Waals surface area contributed by atoms with Crippen LogP contribution in [0.1, 0.15) is 33.9 Å². The topological polar surface area (TPSA) is 12.0 Å². The van der Waals surface area contributed by atoms with Crippen LogP contribution in [0.3, 0.4) is 0 Å². The van der Waals surface area contributed by atoms with Crippen LogP contribution in [0.2, 0.25) is 0 Å². The fraction of sp³-hybridized carbons (Fsp3) is 0.368. The van der Waals surface area contributed by atoms with Crippen LogP contribution in [0.15, 0.2) is 42.5 Å². The van der Waals surface area contributed by atoms with Gasteiger partial charge in [0.2, 0.25) is 0 Å². The van der Waals surface area contributed by atoms with Crippen molar-refractivity contribution in [3.63, 3.8) is 0 Å². The van der Waals surface area contributed by atoms with Gasteiger partial charge < -0.3 is 5.32 Å². The second kappa shape index (κ2) is 5.41. The Morgan fingerprint density at radius 2 is 1.90 bits per heavy atom. The Morgan fingerprint density at radius 1 is 1.10 bits per heavy atom. The first kappa shape index (κ1) is 13.4. The van der Waals surface area contributed by atoms with E-state index < -0.39 is 0 Å². The Labute approximate surface area is 122 Å². The molecule has 20 heavy (non-hydrogen) atoms. The van der Waals surface area contributed by atoms with Gasteiger partial charge in [-0.2, -0.15) is 0 Å². The zero-order valence-electron chi connectivity index (χ0n) is 12.6. The van der Waals surface area contributed by atoms with Gasteiger partial charge in [0, 0.05) is 6.04 Å². The highest BCUT2D eigenvalue weighted by molar-refractivity contribution is 5.38. The molecule has 0 bridgehead atoms. The summed E-state index contributed by atoms with van der Waals surface area (Å²) in [6, 6.07) is 16.2. The summed E-state index contributed by atoms with van der Waals surface area (Å²) in [5.74, 6) is 0.665. The molecule has 1 nitrogen and oxygen atoms in total. The molecule has 0 fully saturated rings. The quantitative estimate of drug-likeness (QED) is 0.885. The van der Waals surface area contributed by atoms with Crippen LogP contribution in [0.4, 0.5) is 0 Å². The van der Waals surface area contributed by atoms with E-state index in [9.17, 15) is 0 Å². The zero-order chi connectivity index (χ0) is 14.1. The van der Waals surface area contributed by atoms with Gasteiger partial charge in [-0.1, -0.05) is 48.0 Å². The van der Waals surface area contributed by atoms with Gasteiger partial charge in [0.05, 0.1) is 0 Å². The van der Waals surface area contributed by atoms with E-state index in [0.29, 0.717) is 12.0 Å². The second-order valence-corrected chi connectivity index (χ2v) is 6.06. The Morgan fingerprint density at radius 3 is 2.70 bits per heavy atom. The minimum absolute atomic E-state index is 0.492. The Hall–Kier alpha value is -1.60. The van der Waals surface area contributed by atoms with Crippen LogP contribution in [0.5, 0.6) is 0 Å². The number of benzene rings is 2. The molecule has 2 atom stereocenters. The summed E-state index contributed by atoms with van der Waals surface area (Å²) in [6.07, 6.45) is 2.35. The average Bonchev–Trinajstić information content (AvgIpc) is 2.80. The van der Waals surface area contributed by atoms with Crippen LogP contribution in [-0.2, 0) is 12.8 Å². The molecule has 2 unspecified atom stereocenters. The Kier molecular flexibility index (Phi) is 3.62. The molecule has 104 valence electrons. The minimum atomic E-state index is 0.492. The molecule has 0 radical (unpaired) electrons. The molecular weight excluding hydrogens is 242 g/mol. The van der Waals surface area contributed by atoms with Crippen molar-refractivity contribution in [1.82, 2.24) is 5.32 Å². The predicted octanol–water partition coefficient (Wildman–Crippen LogP) is 3.98. The van der Waals surface area contributed by atoms with Crippen LogP contribution < -0.4 is 5.32 Å². The summed E-state index contributed by atoms with van der Waals surface area (Å²) in [5.41, 5.74) is 7.29. The van der Waals surface area contributed by atoms with Crippen molar-refractivity contribution < 1.29 is 0 Å². The molecule has 1 heteroatoms. The first-order chi connectivity index (χ1) is 9.69. The van der Waals surface area contributed by atoms with Crippen LogP contribution in [0, 0.1) is 19.8 Å². The number of hydrogen-bond acceptors (Lipinski definition) is 1. The molecule has 0 saturated heterocycles. The van der Waals surface area contributed by atoms with Crippen LogP contribution in [-0.4, -0.2) is 7.05 Å². The molecule has 0 saturated carbocycles. The number of fused-ring (bicyclic) bond motifs is 1. The summed E-state index contributed by atoms with van der Waals surface area (Å²) < 4.78 is 0. The molecule has 0 spiro atoms. The van der Waals surface area contributed by atoms with Crippen molar-refractivity contribution in [1.29, 1.82) is 0 Å². The Bertz CT molecular complexity index is 615. The summed E-state index contributed by atoms with van der Waals surface area (Å²) in [6.45, 7) is 4.41. The van der Waals surface area contributed by atoms with E-state index in [2.05, 4.69) is 68.7 Å². The first-order valence-electron chi connectivity index (χ1n) is 7.50. The van der Waals surface area contributed by atoms with E-state index in [4.69, 9.17) is 0 Å². The van der Waals surface area contributed by atoms with Gasteiger partial charge in [-0.15, -0.1) is 0 Å². The van der Waals surface area contributed by atoms with E-state index in [0.717, 1.165) is 6.42 Å². The highest BCUT2D eigenvalue weighted by Crippen LogP contribution is 2.38. The fourth-order valence-corrected chi connectivity index (χ4v) is 3.56. The minimum Gasteiger partial charge on any atom is -0.313 e. The largest absolute Gasteiger partial charge is 0.313 e. The smallest absolute Gasteiger partial charge is 0.0355 e. The molecule has 0 aromatic heterocycles. The molecule has 0 heterocycles. The SMILES string of the molecule is CNC1c2ccccc2CC1Cc1cc(C)ccc1C. The zero-order valence-corrected chi connectivity index (χ0v) is 12.6. The molecule has 0 amide bonds. The van der Waals surface area contributed by atoms with E-state index >= 15 is 0 Å². The van der Waals surface area contributed by atoms with Crippen molar-refractivity contribution >= 4 is 0 Å². The third kappa shape index (κ3) is 2.38. The number of hydrogen-bond donors (Lipinski definition) is 1. The van der Waals surface area contributed by atoms with E-state index in [1.807, 2.05) is 0 Å². The molecule has 1 N–H and O–H groups in total. The number of nitrogens with one attached hydrogen (secondary N) is 1. The van der Waals surface area contributed by atoms with Gasteiger partial charge in [-0.05, 0) is 61.9 Å². The van der Waals surface area contributed by atoms with E-state index in [-0.39, 0.29) is 0 Å². The van der Waals surface area contributed by atoms with Crippen LogP contribution in [0.25, 0.3) is 0 Å². The van der Waals surface area contributed by atoms with E-state index in [1.54, 1.807) is 0 Å². The van der Waals surface area contributed by atoms with Gasteiger partial charge in [-0.25, -0.2) is 0 Å². The van der Waals surface area contributed by atoms with Crippen LogP contribution >= 0.6 is 0 Å². The third-order valence-corrected chi connectivity index (χ3v) is 4.64. The average molecular weight is 265 g/mol. The summed E-state index contributed by atoms with van der Waals surface area (Å²) in [4.78, 5) is 0. The molecule has 1 aliphatic carbocycles. The molecule has 2 aromatic rings. The van der Waals surface area contributed by atoms with E-state index in [1.165, 1.54) is 34.2 Å².